The predicted molar refractivity (Wildman–Crippen MR) is 98.6 cm³/mol. The number of allylic oxidation sites excluding steroid dienone is 1. The number of fused-ring (bicyclic) bond motifs is 2. The Kier molecular flexibility index (Phi) is 4.78. The number of rotatable bonds is 4. The molecule has 1 aromatic rings. The number of hydrogen-bond acceptors (Lipinski definition) is 1. The second-order valence-corrected chi connectivity index (χ2v) is 8.44. The first-order valence-electron chi connectivity index (χ1n) is 9.91. The van der Waals surface area contributed by atoms with E-state index in [1.54, 1.807) is 5.57 Å². The molecule has 2 fully saturated rings. The lowest BCUT2D eigenvalue weighted by Crippen LogP contribution is -2.57. The molecule has 2 aliphatic heterocycles. The molecule has 1 unspecified atom stereocenters. The minimum atomic E-state index is 0.430. The van der Waals surface area contributed by atoms with Gasteiger partial charge in [0.15, 0.2) is 0 Å². The summed E-state index contributed by atoms with van der Waals surface area (Å²) in [4.78, 5) is 0. The zero-order chi connectivity index (χ0) is 16.4. The summed E-state index contributed by atoms with van der Waals surface area (Å²) in [6, 6.07) is 11.1. The summed E-state index contributed by atoms with van der Waals surface area (Å²) in [5.41, 5.74) is 3.08. The van der Waals surface area contributed by atoms with E-state index in [0.717, 1.165) is 12.5 Å². The van der Waals surface area contributed by atoms with Gasteiger partial charge in [-0.1, -0.05) is 42.0 Å². The number of nitrogens with zero attached hydrogens (tertiary/aromatic N) is 1. The Morgan fingerprint density at radius 3 is 2.67 bits per heavy atom. The first-order chi connectivity index (χ1) is 11.7. The third-order valence-corrected chi connectivity index (χ3v) is 6.63. The van der Waals surface area contributed by atoms with Crippen molar-refractivity contribution in [2.75, 3.05) is 26.2 Å². The van der Waals surface area contributed by atoms with Crippen LogP contribution in [0.2, 0.25) is 0 Å². The Morgan fingerprint density at radius 1 is 1.08 bits per heavy atom. The van der Waals surface area contributed by atoms with Crippen LogP contribution in [0.4, 0.5) is 0 Å². The SMILES string of the molecule is CC1=CC[C@H]2COC(C[N+]3(Cc4ccccc4)CCCCC3)[C@H]1C2. The van der Waals surface area contributed by atoms with Gasteiger partial charge in [0.05, 0.1) is 19.7 Å². The van der Waals surface area contributed by atoms with E-state index < -0.39 is 0 Å². The fourth-order valence-corrected chi connectivity index (χ4v) is 5.22. The van der Waals surface area contributed by atoms with Crippen molar-refractivity contribution in [1.82, 2.24) is 0 Å². The highest BCUT2D eigenvalue weighted by atomic mass is 16.5. The molecular weight excluding hydrogens is 294 g/mol. The van der Waals surface area contributed by atoms with Gasteiger partial charge >= 0.3 is 0 Å². The lowest BCUT2D eigenvalue weighted by atomic mass is 9.76. The van der Waals surface area contributed by atoms with Gasteiger partial charge in [0, 0.05) is 11.5 Å². The normalized spacial score (nSPS) is 32.2. The monoisotopic (exact) mass is 326 g/mol. The molecule has 0 radical (unpaired) electrons. The molecule has 0 amide bonds. The fraction of sp³-hybridized carbons (Fsp3) is 0.636. The van der Waals surface area contributed by atoms with E-state index in [1.807, 2.05) is 0 Å². The number of quaternary nitrogens is 1. The van der Waals surface area contributed by atoms with Gasteiger partial charge in [0.2, 0.25) is 0 Å². The van der Waals surface area contributed by atoms with E-state index in [1.165, 1.54) is 68.3 Å². The van der Waals surface area contributed by atoms with E-state index >= 15 is 0 Å². The summed E-state index contributed by atoms with van der Waals surface area (Å²) in [5, 5.41) is 0. The third-order valence-electron chi connectivity index (χ3n) is 6.63. The average molecular weight is 327 g/mol. The zero-order valence-electron chi connectivity index (χ0n) is 15.1. The smallest absolute Gasteiger partial charge is 0.113 e. The van der Waals surface area contributed by atoms with Crippen LogP contribution < -0.4 is 0 Å². The summed E-state index contributed by atoms with van der Waals surface area (Å²) in [7, 11) is 0. The quantitative estimate of drug-likeness (QED) is 0.582. The molecule has 0 saturated carbocycles. The van der Waals surface area contributed by atoms with Gasteiger partial charge in [-0.15, -0.1) is 0 Å². The van der Waals surface area contributed by atoms with Crippen LogP contribution in [-0.4, -0.2) is 36.8 Å². The van der Waals surface area contributed by atoms with E-state index in [-0.39, 0.29) is 0 Å². The van der Waals surface area contributed by atoms with Crippen molar-refractivity contribution >= 4 is 0 Å². The van der Waals surface area contributed by atoms with Crippen LogP contribution in [0, 0.1) is 11.8 Å². The molecule has 2 saturated heterocycles. The molecule has 3 aliphatic rings. The van der Waals surface area contributed by atoms with Crippen molar-refractivity contribution in [2.24, 2.45) is 11.8 Å². The molecule has 24 heavy (non-hydrogen) atoms. The highest BCUT2D eigenvalue weighted by molar-refractivity contribution is 5.14. The number of piperidine rings is 1. The third kappa shape index (κ3) is 3.45. The molecule has 1 aliphatic carbocycles. The number of hydrogen-bond donors (Lipinski definition) is 0. The summed E-state index contributed by atoms with van der Waals surface area (Å²) in [6.45, 7) is 8.36. The number of likely N-dealkylation sites (tertiary alicyclic amines) is 1. The lowest BCUT2D eigenvalue weighted by Gasteiger charge is -2.47. The van der Waals surface area contributed by atoms with Crippen LogP contribution >= 0.6 is 0 Å². The molecule has 2 nitrogen and oxygen atoms in total. The van der Waals surface area contributed by atoms with Crippen LogP contribution in [0.15, 0.2) is 42.0 Å². The Balaban J connectivity index is 1.53. The van der Waals surface area contributed by atoms with Crippen molar-refractivity contribution in [3.63, 3.8) is 0 Å². The summed E-state index contributed by atoms with van der Waals surface area (Å²) >= 11 is 0. The summed E-state index contributed by atoms with van der Waals surface area (Å²) < 4.78 is 7.66. The second kappa shape index (κ2) is 7.01. The van der Waals surface area contributed by atoms with Crippen molar-refractivity contribution in [2.45, 2.75) is 51.7 Å². The van der Waals surface area contributed by atoms with Gasteiger partial charge in [0.25, 0.3) is 0 Å². The van der Waals surface area contributed by atoms with Crippen molar-refractivity contribution in [1.29, 1.82) is 0 Å². The molecule has 2 heteroatoms. The van der Waals surface area contributed by atoms with Gasteiger partial charge in [-0.05, 0) is 44.9 Å². The predicted octanol–water partition coefficient (Wildman–Crippen LogP) is 4.56. The number of ether oxygens (including phenoxy) is 1. The fourth-order valence-electron chi connectivity index (χ4n) is 5.22. The topological polar surface area (TPSA) is 9.23 Å². The Hall–Kier alpha value is -1.12. The molecule has 2 bridgehead atoms. The maximum atomic E-state index is 6.42. The first kappa shape index (κ1) is 16.4. The molecule has 130 valence electrons. The van der Waals surface area contributed by atoms with E-state index in [2.05, 4.69) is 43.3 Å². The van der Waals surface area contributed by atoms with E-state index in [0.29, 0.717) is 12.0 Å². The Morgan fingerprint density at radius 2 is 1.88 bits per heavy atom. The van der Waals surface area contributed by atoms with E-state index in [4.69, 9.17) is 4.74 Å². The first-order valence-corrected chi connectivity index (χ1v) is 9.91. The molecule has 4 rings (SSSR count). The van der Waals surface area contributed by atoms with Gasteiger partial charge in [0.1, 0.15) is 19.2 Å². The highest BCUT2D eigenvalue weighted by Crippen LogP contribution is 2.38. The molecule has 0 spiro atoms. The zero-order valence-corrected chi connectivity index (χ0v) is 15.1. The van der Waals surface area contributed by atoms with Gasteiger partial charge in [-0.3, -0.25) is 0 Å². The molecule has 0 aromatic heterocycles. The molecule has 1 aromatic carbocycles. The molecule has 2 heterocycles. The summed E-state index contributed by atoms with van der Waals surface area (Å²) in [6.07, 6.45) is 9.68. The van der Waals surface area contributed by atoms with Gasteiger partial charge in [-0.25, -0.2) is 0 Å². The minimum Gasteiger partial charge on any atom is -0.371 e. The van der Waals surface area contributed by atoms with Crippen molar-refractivity contribution in [3.05, 3.63) is 47.5 Å². The summed E-state index contributed by atoms with van der Waals surface area (Å²) in [5.74, 6) is 1.45. The standard InChI is InChI=1S/C22H32NO/c1-18-10-11-20-14-21(18)22(24-17-20)16-23(12-6-3-7-13-23)15-19-8-4-2-5-9-19/h2,4-5,8-10,20-22H,3,6-7,11-17H2,1H3/q+1/t20-,21+,22?/m1/s1. The van der Waals surface area contributed by atoms with Crippen molar-refractivity contribution in [3.8, 4) is 0 Å². The van der Waals surface area contributed by atoms with Crippen molar-refractivity contribution < 1.29 is 9.22 Å². The average Bonchev–Trinajstić information content (AvgIpc) is 2.62. The minimum absolute atomic E-state index is 0.430. The molecular formula is C22H32NO+. The Labute approximate surface area is 147 Å². The van der Waals surface area contributed by atoms with Crippen LogP contribution in [0.5, 0.6) is 0 Å². The second-order valence-electron chi connectivity index (χ2n) is 8.44. The lowest BCUT2D eigenvalue weighted by molar-refractivity contribution is -0.948. The van der Waals surface area contributed by atoms with E-state index in [9.17, 15) is 0 Å². The van der Waals surface area contributed by atoms with Crippen LogP contribution in [0.3, 0.4) is 0 Å². The van der Waals surface area contributed by atoms with Crippen LogP contribution in [0.25, 0.3) is 0 Å². The van der Waals surface area contributed by atoms with Gasteiger partial charge < -0.3 is 9.22 Å². The van der Waals surface area contributed by atoms with Gasteiger partial charge in [-0.2, -0.15) is 0 Å². The molecule has 3 atom stereocenters. The van der Waals surface area contributed by atoms with Crippen LogP contribution in [-0.2, 0) is 11.3 Å². The highest BCUT2D eigenvalue weighted by Gasteiger charge is 2.41. The van der Waals surface area contributed by atoms with Crippen LogP contribution in [0.1, 0.15) is 44.6 Å². The maximum absolute atomic E-state index is 6.42. The Bertz CT molecular complexity index is 573. The maximum Gasteiger partial charge on any atom is 0.113 e. The molecule has 0 N–H and O–H groups in total. The largest absolute Gasteiger partial charge is 0.371 e. The number of benzene rings is 1.